The van der Waals surface area contributed by atoms with Gasteiger partial charge in [0.05, 0.1) is 0 Å². The Labute approximate surface area is 121 Å². The van der Waals surface area contributed by atoms with Gasteiger partial charge in [0.25, 0.3) is 0 Å². The van der Waals surface area contributed by atoms with Gasteiger partial charge < -0.3 is 5.32 Å². The Morgan fingerprint density at radius 1 is 1.32 bits per heavy atom. The van der Waals surface area contributed by atoms with Gasteiger partial charge in [-0.3, -0.25) is 0 Å². The fourth-order valence-corrected chi connectivity index (χ4v) is 2.64. The van der Waals surface area contributed by atoms with E-state index in [2.05, 4.69) is 26.1 Å². The Morgan fingerprint density at radius 2 is 2.05 bits per heavy atom. The molecule has 0 bridgehead atoms. The van der Waals surface area contributed by atoms with Crippen LogP contribution in [0.5, 0.6) is 0 Å². The summed E-state index contributed by atoms with van der Waals surface area (Å²) in [6.45, 7) is 8.50. The van der Waals surface area contributed by atoms with Crippen LogP contribution in [0.15, 0.2) is 18.2 Å². The van der Waals surface area contributed by atoms with Crippen LogP contribution in [0.2, 0.25) is 5.02 Å². The summed E-state index contributed by atoms with van der Waals surface area (Å²) < 4.78 is 13.8. The molecule has 1 aromatic rings. The summed E-state index contributed by atoms with van der Waals surface area (Å²) in [4.78, 5) is 0. The number of hydrogen-bond donors (Lipinski definition) is 1. The zero-order chi connectivity index (χ0) is 14.3. The minimum absolute atomic E-state index is 0.184. The van der Waals surface area contributed by atoms with Crippen molar-refractivity contribution in [1.29, 1.82) is 0 Å². The fraction of sp³-hybridized carbons (Fsp3) is 0.625. The summed E-state index contributed by atoms with van der Waals surface area (Å²) in [6.07, 6.45) is 2.91. The summed E-state index contributed by atoms with van der Waals surface area (Å²) in [5.41, 5.74) is 0.660. The molecule has 0 saturated carbocycles. The predicted octanol–water partition coefficient (Wildman–Crippen LogP) is 4.68. The third-order valence-electron chi connectivity index (χ3n) is 3.22. The zero-order valence-corrected chi connectivity index (χ0v) is 12.9. The van der Waals surface area contributed by atoms with Crippen molar-refractivity contribution >= 4 is 11.6 Å². The lowest BCUT2D eigenvalue weighted by molar-refractivity contribution is 0.381. The molecule has 1 N–H and O–H groups in total. The molecule has 0 aliphatic rings. The molecule has 0 aliphatic carbocycles. The van der Waals surface area contributed by atoms with Crippen LogP contribution in [0.1, 0.15) is 39.2 Å². The maximum atomic E-state index is 13.8. The molecule has 0 spiro atoms. The first-order chi connectivity index (χ1) is 9.04. The lowest BCUT2D eigenvalue weighted by Gasteiger charge is -2.20. The molecule has 0 amide bonds. The van der Waals surface area contributed by atoms with Gasteiger partial charge in [-0.1, -0.05) is 38.4 Å². The molecule has 0 fully saturated rings. The first-order valence-electron chi connectivity index (χ1n) is 7.18. The van der Waals surface area contributed by atoms with E-state index >= 15 is 0 Å². The van der Waals surface area contributed by atoms with Gasteiger partial charge in [0, 0.05) is 10.6 Å². The number of halogens is 2. The maximum Gasteiger partial charge on any atom is 0.127 e. The molecule has 1 nitrogen and oxygen atoms in total. The number of nitrogens with one attached hydrogen (secondary N) is 1. The van der Waals surface area contributed by atoms with Crippen molar-refractivity contribution in [3.63, 3.8) is 0 Å². The van der Waals surface area contributed by atoms with Crippen molar-refractivity contribution in [2.45, 2.75) is 40.0 Å². The molecular weight excluding hydrogens is 261 g/mol. The third-order valence-corrected chi connectivity index (χ3v) is 3.57. The van der Waals surface area contributed by atoms with Crippen molar-refractivity contribution in [2.24, 2.45) is 11.8 Å². The summed E-state index contributed by atoms with van der Waals surface area (Å²) >= 11 is 6.11. The first kappa shape index (κ1) is 16.5. The molecule has 0 aliphatic heterocycles. The number of hydrogen-bond acceptors (Lipinski definition) is 1. The van der Waals surface area contributed by atoms with Crippen LogP contribution in [0.3, 0.4) is 0 Å². The van der Waals surface area contributed by atoms with E-state index in [4.69, 9.17) is 11.6 Å². The molecule has 19 heavy (non-hydrogen) atoms. The summed E-state index contributed by atoms with van der Waals surface area (Å²) in [7, 11) is 0. The van der Waals surface area contributed by atoms with Crippen molar-refractivity contribution in [2.75, 3.05) is 13.1 Å². The highest BCUT2D eigenvalue weighted by Crippen LogP contribution is 2.24. The summed E-state index contributed by atoms with van der Waals surface area (Å²) in [6, 6.07) is 4.92. The van der Waals surface area contributed by atoms with E-state index in [0.717, 1.165) is 25.9 Å². The molecule has 0 radical (unpaired) electrons. The molecule has 108 valence electrons. The van der Waals surface area contributed by atoms with E-state index < -0.39 is 0 Å². The normalized spacial score (nSPS) is 12.9. The molecule has 1 atom stereocenters. The van der Waals surface area contributed by atoms with E-state index in [1.807, 2.05) is 0 Å². The van der Waals surface area contributed by atoms with Crippen LogP contribution in [0.4, 0.5) is 4.39 Å². The minimum Gasteiger partial charge on any atom is -0.316 e. The lowest BCUT2D eigenvalue weighted by atomic mass is 9.90. The quantitative estimate of drug-likeness (QED) is 0.684. The van der Waals surface area contributed by atoms with Gasteiger partial charge in [-0.05, 0) is 56.3 Å². The highest BCUT2D eigenvalue weighted by Gasteiger charge is 2.16. The molecule has 1 rings (SSSR count). The second-order valence-electron chi connectivity index (χ2n) is 5.60. The first-order valence-corrected chi connectivity index (χ1v) is 7.56. The Balaban J connectivity index is 2.69. The van der Waals surface area contributed by atoms with Gasteiger partial charge in [-0.25, -0.2) is 4.39 Å². The largest absolute Gasteiger partial charge is 0.316 e. The van der Waals surface area contributed by atoms with E-state index in [-0.39, 0.29) is 5.82 Å². The fourth-order valence-electron chi connectivity index (χ4n) is 2.40. The second-order valence-corrected chi connectivity index (χ2v) is 6.01. The van der Waals surface area contributed by atoms with Crippen LogP contribution in [0.25, 0.3) is 0 Å². The Bertz CT molecular complexity index is 359. The van der Waals surface area contributed by atoms with E-state index in [0.29, 0.717) is 28.8 Å². The van der Waals surface area contributed by atoms with E-state index in [1.165, 1.54) is 6.07 Å². The molecule has 3 heteroatoms. The van der Waals surface area contributed by atoms with E-state index in [1.54, 1.807) is 12.1 Å². The van der Waals surface area contributed by atoms with Crippen molar-refractivity contribution in [3.05, 3.63) is 34.6 Å². The van der Waals surface area contributed by atoms with Gasteiger partial charge in [0.1, 0.15) is 5.82 Å². The third kappa shape index (κ3) is 5.92. The van der Waals surface area contributed by atoms with Crippen molar-refractivity contribution in [3.8, 4) is 0 Å². The molecule has 1 unspecified atom stereocenters. The highest BCUT2D eigenvalue weighted by molar-refractivity contribution is 6.31. The van der Waals surface area contributed by atoms with Crippen LogP contribution in [-0.2, 0) is 6.42 Å². The van der Waals surface area contributed by atoms with Gasteiger partial charge in [0.15, 0.2) is 0 Å². The lowest BCUT2D eigenvalue weighted by Crippen LogP contribution is -2.26. The average molecular weight is 286 g/mol. The smallest absolute Gasteiger partial charge is 0.127 e. The number of benzene rings is 1. The van der Waals surface area contributed by atoms with Crippen LogP contribution < -0.4 is 5.32 Å². The van der Waals surface area contributed by atoms with E-state index in [9.17, 15) is 4.39 Å². The second kappa shape index (κ2) is 8.55. The molecule has 0 heterocycles. The Morgan fingerprint density at radius 3 is 2.63 bits per heavy atom. The molecule has 1 aromatic carbocycles. The van der Waals surface area contributed by atoms with Crippen LogP contribution in [0, 0.1) is 17.7 Å². The number of rotatable bonds is 8. The van der Waals surface area contributed by atoms with Crippen LogP contribution in [-0.4, -0.2) is 13.1 Å². The topological polar surface area (TPSA) is 12.0 Å². The zero-order valence-electron chi connectivity index (χ0n) is 12.2. The Hall–Kier alpha value is -0.600. The summed E-state index contributed by atoms with van der Waals surface area (Å²) in [5.74, 6) is 0.858. The van der Waals surface area contributed by atoms with Crippen LogP contribution >= 0.6 is 11.6 Å². The molecule has 0 aromatic heterocycles. The molecule has 0 saturated heterocycles. The van der Waals surface area contributed by atoms with Crippen molar-refractivity contribution in [1.82, 2.24) is 5.32 Å². The minimum atomic E-state index is -0.184. The van der Waals surface area contributed by atoms with Crippen molar-refractivity contribution < 1.29 is 4.39 Å². The Kier molecular flexibility index (Phi) is 7.40. The SMILES string of the molecule is CCCNCC(Cc1c(F)cccc1Cl)CC(C)C. The monoisotopic (exact) mass is 285 g/mol. The van der Waals surface area contributed by atoms with Gasteiger partial charge in [-0.2, -0.15) is 0 Å². The molecular formula is C16H25ClFN. The predicted molar refractivity (Wildman–Crippen MR) is 81.2 cm³/mol. The highest BCUT2D eigenvalue weighted by atomic mass is 35.5. The average Bonchev–Trinajstić information content (AvgIpc) is 2.33. The van der Waals surface area contributed by atoms with Gasteiger partial charge in [0.2, 0.25) is 0 Å². The van der Waals surface area contributed by atoms with Gasteiger partial charge >= 0.3 is 0 Å². The standard InChI is InChI=1S/C16H25ClFN/c1-4-8-19-11-13(9-12(2)3)10-14-15(17)6-5-7-16(14)18/h5-7,12-13,19H,4,8-11H2,1-3H3. The van der Waals surface area contributed by atoms with Gasteiger partial charge in [-0.15, -0.1) is 0 Å². The maximum absolute atomic E-state index is 13.8. The summed E-state index contributed by atoms with van der Waals surface area (Å²) in [5, 5.41) is 3.98.